The van der Waals surface area contributed by atoms with Crippen molar-refractivity contribution in [3.05, 3.63) is 34.3 Å². The summed E-state index contributed by atoms with van der Waals surface area (Å²) >= 11 is 3.30. The number of hydrogen-bond donors (Lipinski definition) is 2. The van der Waals surface area contributed by atoms with Crippen LogP contribution >= 0.6 is 15.9 Å². The standard InChI is InChI=1S/C11H14BrNO3S/c12-9-3-1-2-8(6-9)11(14)7-13-17(15,16)10-4-5-10/h1-3,6,10-11,13-14H,4-5,7H2/t11-/m0/s1. The fourth-order valence-electron chi connectivity index (χ4n) is 1.52. The van der Waals surface area contributed by atoms with E-state index in [0.29, 0.717) is 5.56 Å². The molecule has 0 heterocycles. The molecule has 4 nitrogen and oxygen atoms in total. The minimum absolute atomic E-state index is 0.0231. The smallest absolute Gasteiger partial charge is 0.214 e. The number of benzene rings is 1. The van der Waals surface area contributed by atoms with Crippen LogP contribution < -0.4 is 4.72 Å². The van der Waals surface area contributed by atoms with Gasteiger partial charge in [-0.3, -0.25) is 0 Å². The Labute approximate surface area is 109 Å². The molecule has 0 unspecified atom stereocenters. The van der Waals surface area contributed by atoms with Crippen LogP contribution in [0.25, 0.3) is 0 Å². The molecule has 17 heavy (non-hydrogen) atoms. The van der Waals surface area contributed by atoms with Gasteiger partial charge in [0.2, 0.25) is 10.0 Å². The van der Waals surface area contributed by atoms with E-state index < -0.39 is 16.1 Å². The van der Waals surface area contributed by atoms with Crippen molar-refractivity contribution in [1.82, 2.24) is 4.72 Å². The van der Waals surface area contributed by atoms with Gasteiger partial charge in [-0.2, -0.15) is 0 Å². The summed E-state index contributed by atoms with van der Waals surface area (Å²) < 4.78 is 26.4. The summed E-state index contributed by atoms with van der Waals surface area (Å²) in [6, 6.07) is 7.19. The number of hydrogen-bond acceptors (Lipinski definition) is 3. The Hall–Kier alpha value is -0.430. The molecule has 0 bridgehead atoms. The van der Waals surface area contributed by atoms with E-state index in [2.05, 4.69) is 20.7 Å². The Morgan fingerprint density at radius 3 is 2.76 bits per heavy atom. The van der Waals surface area contributed by atoms with Gasteiger partial charge in [-0.25, -0.2) is 13.1 Å². The zero-order valence-corrected chi connectivity index (χ0v) is 11.5. The van der Waals surface area contributed by atoms with Crippen LogP contribution in [-0.4, -0.2) is 25.3 Å². The molecule has 6 heteroatoms. The highest BCUT2D eigenvalue weighted by molar-refractivity contribution is 9.10. The van der Waals surface area contributed by atoms with Crippen molar-refractivity contribution in [1.29, 1.82) is 0 Å². The topological polar surface area (TPSA) is 66.4 Å². The third-order valence-electron chi connectivity index (χ3n) is 2.67. The third-order valence-corrected chi connectivity index (χ3v) is 5.09. The van der Waals surface area contributed by atoms with Crippen LogP contribution in [0.3, 0.4) is 0 Å². The molecular weight excluding hydrogens is 306 g/mol. The molecular formula is C11H14BrNO3S. The van der Waals surface area contributed by atoms with Crippen molar-refractivity contribution in [2.75, 3.05) is 6.54 Å². The van der Waals surface area contributed by atoms with Gasteiger partial charge in [0.1, 0.15) is 0 Å². The number of aliphatic hydroxyl groups is 1. The van der Waals surface area contributed by atoms with E-state index in [9.17, 15) is 13.5 Å². The number of nitrogens with one attached hydrogen (secondary N) is 1. The van der Waals surface area contributed by atoms with Crippen LogP contribution in [0.4, 0.5) is 0 Å². The molecule has 0 amide bonds. The highest BCUT2D eigenvalue weighted by Gasteiger charge is 2.35. The predicted molar refractivity (Wildman–Crippen MR) is 69.0 cm³/mol. The predicted octanol–water partition coefficient (Wildman–Crippen LogP) is 1.56. The first kappa shape index (κ1) is 13.0. The SMILES string of the molecule is O=S(=O)(NC[C@H](O)c1cccc(Br)c1)C1CC1. The molecule has 0 radical (unpaired) electrons. The zero-order chi connectivity index (χ0) is 12.5. The molecule has 2 N–H and O–H groups in total. The van der Waals surface area contributed by atoms with Gasteiger partial charge in [0, 0.05) is 11.0 Å². The molecule has 1 aromatic rings. The van der Waals surface area contributed by atoms with Crippen molar-refractivity contribution < 1.29 is 13.5 Å². The number of rotatable bonds is 5. The van der Waals surface area contributed by atoms with Gasteiger partial charge in [0.25, 0.3) is 0 Å². The summed E-state index contributed by atoms with van der Waals surface area (Å²) in [5.41, 5.74) is 0.692. The fraction of sp³-hybridized carbons (Fsp3) is 0.455. The molecule has 0 saturated heterocycles. The summed E-state index contributed by atoms with van der Waals surface area (Å²) in [5, 5.41) is 9.61. The van der Waals surface area contributed by atoms with Crippen LogP contribution in [-0.2, 0) is 10.0 Å². The Morgan fingerprint density at radius 1 is 1.47 bits per heavy atom. The molecule has 1 atom stereocenters. The van der Waals surface area contributed by atoms with E-state index in [0.717, 1.165) is 17.3 Å². The van der Waals surface area contributed by atoms with E-state index in [-0.39, 0.29) is 11.8 Å². The quantitative estimate of drug-likeness (QED) is 0.865. The van der Waals surface area contributed by atoms with Crippen LogP contribution in [0, 0.1) is 0 Å². The molecule has 0 aliphatic heterocycles. The molecule has 1 aliphatic rings. The molecule has 2 rings (SSSR count). The van der Waals surface area contributed by atoms with Crippen LogP contribution in [0.1, 0.15) is 24.5 Å². The first-order chi connectivity index (χ1) is 7.99. The van der Waals surface area contributed by atoms with Crippen molar-refractivity contribution >= 4 is 26.0 Å². The Bertz CT molecular complexity index is 499. The number of aliphatic hydroxyl groups excluding tert-OH is 1. The highest BCUT2D eigenvalue weighted by atomic mass is 79.9. The van der Waals surface area contributed by atoms with E-state index in [4.69, 9.17) is 0 Å². The molecule has 94 valence electrons. The van der Waals surface area contributed by atoms with E-state index in [1.165, 1.54) is 0 Å². The van der Waals surface area contributed by atoms with Gasteiger partial charge >= 0.3 is 0 Å². The van der Waals surface area contributed by atoms with Crippen LogP contribution in [0.5, 0.6) is 0 Å². The fourth-order valence-corrected chi connectivity index (χ4v) is 3.32. The van der Waals surface area contributed by atoms with Gasteiger partial charge in [-0.1, -0.05) is 28.1 Å². The largest absolute Gasteiger partial charge is 0.387 e. The summed E-state index contributed by atoms with van der Waals surface area (Å²) in [6.07, 6.45) is 0.631. The molecule has 1 fully saturated rings. The lowest BCUT2D eigenvalue weighted by molar-refractivity contribution is 0.182. The summed E-state index contributed by atoms with van der Waals surface area (Å²) in [7, 11) is -3.22. The number of halogens is 1. The molecule has 1 aliphatic carbocycles. The third kappa shape index (κ3) is 3.51. The second kappa shape index (κ2) is 5.06. The summed E-state index contributed by atoms with van der Waals surface area (Å²) in [4.78, 5) is 0. The summed E-state index contributed by atoms with van der Waals surface area (Å²) in [5.74, 6) is 0. The minimum Gasteiger partial charge on any atom is -0.387 e. The average molecular weight is 320 g/mol. The van der Waals surface area contributed by atoms with E-state index in [1.807, 2.05) is 6.07 Å². The zero-order valence-electron chi connectivity index (χ0n) is 9.14. The molecule has 0 aromatic heterocycles. The Balaban J connectivity index is 1.95. The van der Waals surface area contributed by atoms with Gasteiger partial charge in [-0.05, 0) is 30.5 Å². The molecule has 0 spiro atoms. The van der Waals surface area contributed by atoms with Gasteiger partial charge in [-0.15, -0.1) is 0 Å². The second-order valence-electron chi connectivity index (χ2n) is 4.16. The molecule has 1 aromatic carbocycles. The van der Waals surface area contributed by atoms with E-state index in [1.54, 1.807) is 18.2 Å². The Morgan fingerprint density at radius 2 is 2.18 bits per heavy atom. The van der Waals surface area contributed by atoms with Gasteiger partial charge < -0.3 is 5.11 Å². The first-order valence-corrected chi connectivity index (χ1v) is 7.75. The van der Waals surface area contributed by atoms with Crippen LogP contribution in [0.2, 0.25) is 0 Å². The average Bonchev–Trinajstić information content (AvgIpc) is 3.10. The molecule has 1 saturated carbocycles. The minimum atomic E-state index is -3.22. The lowest BCUT2D eigenvalue weighted by atomic mass is 10.1. The van der Waals surface area contributed by atoms with Gasteiger partial charge in [0.15, 0.2) is 0 Å². The highest BCUT2D eigenvalue weighted by Crippen LogP contribution is 2.27. The van der Waals surface area contributed by atoms with Crippen molar-refractivity contribution in [2.24, 2.45) is 0 Å². The van der Waals surface area contributed by atoms with Crippen LogP contribution in [0.15, 0.2) is 28.7 Å². The lowest BCUT2D eigenvalue weighted by Crippen LogP contribution is -2.31. The normalized spacial score (nSPS) is 18.0. The maximum Gasteiger partial charge on any atom is 0.214 e. The van der Waals surface area contributed by atoms with Crippen molar-refractivity contribution in [2.45, 2.75) is 24.2 Å². The maximum atomic E-state index is 11.6. The Kier molecular flexibility index (Phi) is 3.87. The first-order valence-electron chi connectivity index (χ1n) is 5.41. The van der Waals surface area contributed by atoms with E-state index >= 15 is 0 Å². The number of sulfonamides is 1. The maximum absolute atomic E-state index is 11.6. The second-order valence-corrected chi connectivity index (χ2v) is 7.12. The monoisotopic (exact) mass is 319 g/mol. The van der Waals surface area contributed by atoms with Gasteiger partial charge in [0.05, 0.1) is 11.4 Å². The lowest BCUT2D eigenvalue weighted by Gasteiger charge is -2.12. The van der Waals surface area contributed by atoms with Crippen molar-refractivity contribution in [3.8, 4) is 0 Å². The summed E-state index contributed by atoms with van der Waals surface area (Å²) in [6.45, 7) is 0.0231. The van der Waals surface area contributed by atoms with Crippen molar-refractivity contribution in [3.63, 3.8) is 0 Å².